The molecule has 0 fully saturated rings. The van der Waals surface area contributed by atoms with Crippen molar-refractivity contribution in [3.8, 4) is 0 Å². The van der Waals surface area contributed by atoms with Crippen molar-refractivity contribution in [3.05, 3.63) is 40.7 Å². The number of ether oxygens (including phenoxy) is 3. The van der Waals surface area contributed by atoms with Crippen LogP contribution in [-0.2, 0) is 14.2 Å². The number of esters is 3. The number of hydrogen-bond donors (Lipinski definition) is 0. The summed E-state index contributed by atoms with van der Waals surface area (Å²) in [5.41, 5.74) is -0.0475. The second kappa shape index (κ2) is 8.28. The zero-order valence-corrected chi connectivity index (χ0v) is 14.7. The molecule has 0 bridgehead atoms. The maximum absolute atomic E-state index is 12.5. The van der Waals surface area contributed by atoms with Gasteiger partial charge in [-0.3, -0.25) is 4.79 Å². The van der Waals surface area contributed by atoms with Crippen molar-refractivity contribution < 1.29 is 33.4 Å². The van der Waals surface area contributed by atoms with E-state index in [0.717, 1.165) is 0 Å². The number of carbonyl (C=O) groups is 4. The highest BCUT2D eigenvalue weighted by Gasteiger charge is 2.33. The van der Waals surface area contributed by atoms with E-state index < -0.39 is 17.9 Å². The van der Waals surface area contributed by atoms with E-state index >= 15 is 0 Å². The van der Waals surface area contributed by atoms with Crippen molar-refractivity contribution in [2.45, 2.75) is 20.8 Å². The number of pyridine rings is 1. The number of aldehydes is 1. The van der Waals surface area contributed by atoms with E-state index in [4.69, 9.17) is 14.2 Å². The van der Waals surface area contributed by atoms with Crippen LogP contribution in [0.3, 0.4) is 0 Å². The first-order chi connectivity index (χ1) is 12.5. The fourth-order valence-corrected chi connectivity index (χ4v) is 2.55. The molecule has 2 heterocycles. The van der Waals surface area contributed by atoms with Gasteiger partial charge in [0.2, 0.25) is 0 Å². The van der Waals surface area contributed by atoms with Crippen LogP contribution in [0, 0.1) is 0 Å². The molecule has 0 aromatic carbocycles. The molecule has 0 atom stereocenters. The topological polar surface area (TPSA) is 100 Å². The molecule has 26 heavy (non-hydrogen) atoms. The highest BCUT2D eigenvalue weighted by atomic mass is 16.5. The Morgan fingerprint density at radius 2 is 1.42 bits per heavy atom. The summed E-state index contributed by atoms with van der Waals surface area (Å²) in [6, 6.07) is 2.93. The Hall–Kier alpha value is -3.16. The Kier molecular flexibility index (Phi) is 6.11. The van der Waals surface area contributed by atoms with Crippen LogP contribution in [0.4, 0.5) is 0 Å². The molecule has 0 amide bonds. The van der Waals surface area contributed by atoms with E-state index in [2.05, 4.69) is 0 Å². The third kappa shape index (κ3) is 3.44. The molecule has 8 heteroatoms. The molecule has 0 spiro atoms. The fraction of sp³-hybridized carbons (Fsp3) is 0.333. The zero-order valence-electron chi connectivity index (χ0n) is 14.7. The molecule has 0 unspecified atom stereocenters. The predicted octanol–water partition coefficient (Wildman–Crippen LogP) is 2.28. The van der Waals surface area contributed by atoms with Crippen molar-refractivity contribution in [1.29, 1.82) is 0 Å². The molecule has 2 aromatic heterocycles. The first kappa shape index (κ1) is 19.2. The van der Waals surface area contributed by atoms with Crippen molar-refractivity contribution in [1.82, 2.24) is 4.40 Å². The first-order valence-electron chi connectivity index (χ1n) is 8.14. The summed E-state index contributed by atoms with van der Waals surface area (Å²) in [4.78, 5) is 48.6. The van der Waals surface area contributed by atoms with Crippen molar-refractivity contribution in [2.24, 2.45) is 0 Å². The van der Waals surface area contributed by atoms with Gasteiger partial charge < -0.3 is 18.6 Å². The van der Waals surface area contributed by atoms with Gasteiger partial charge in [-0.25, -0.2) is 14.4 Å². The summed E-state index contributed by atoms with van der Waals surface area (Å²) in [6.07, 6.45) is 1.93. The molecular weight excluding hydrogens is 342 g/mol. The Morgan fingerprint density at radius 1 is 0.885 bits per heavy atom. The molecule has 0 N–H and O–H groups in total. The number of nitrogens with zero attached hydrogens (tertiary/aromatic N) is 1. The Bertz CT molecular complexity index is 866. The molecule has 8 nitrogen and oxygen atoms in total. The number of aromatic nitrogens is 1. The summed E-state index contributed by atoms with van der Waals surface area (Å²) >= 11 is 0. The van der Waals surface area contributed by atoms with Gasteiger partial charge in [-0.05, 0) is 32.9 Å². The molecule has 0 radical (unpaired) electrons. The normalized spacial score (nSPS) is 10.4. The average Bonchev–Trinajstić information content (AvgIpc) is 2.96. The molecule has 0 aliphatic rings. The van der Waals surface area contributed by atoms with Crippen LogP contribution >= 0.6 is 0 Å². The fourth-order valence-electron chi connectivity index (χ4n) is 2.55. The lowest BCUT2D eigenvalue weighted by molar-refractivity contribution is 0.0459. The summed E-state index contributed by atoms with van der Waals surface area (Å²) in [5, 5.41) is 0. The predicted molar refractivity (Wildman–Crippen MR) is 90.7 cm³/mol. The minimum absolute atomic E-state index is 0.0507. The highest BCUT2D eigenvalue weighted by Crippen LogP contribution is 2.27. The van der Waals surface area contributed by atoms with Crippen LogP contribution in [0.5, 0.6) is 0 Å². The van der Waals surface area contributed by atoms with Crippen molar-refractivity contribution in [2.75, 3.05) is 19.8 Å². The Balaban J connectivity index is 2.90. The summed E-state index contributed by atoms with van der Waals surface area (Å²) in [6.45, 7) is 5.04. The lowest BCUT2D eigenvalue weighted by Gasteiger charge is -2.07. The van der Waals surface area contributed by atoms with Gasteiger partial charge in [-0.15, -0.1) is 0 Å². The minimum atomic E-state index is -0.852. The van der Waals surface area contributed by atoms with Gasteiger partial charge in [0, 0.05) is 11.8 Å². The van der Waals surface area contributed by atoms with E-state index in [9.17, 15) is 19.2 Å². The number of carbonyl (C=O) groups excluding carboxylic acids is 4. The van der Waals surface area contributed by atoms with Gasteiger partial charge >= 0.3 is 17.9 Å². The summed E-state index contributed by atoms with van der Waals surface area (Å²) in [7, 11) is 0. The zero-order chi connectivity index (χ0) is 19.3. The van der Waals surface area contributed by atoms with Gasteiger partial charge in [0.05, 0.1) is 25.3 Å². The highest BCUT2D eigenvalue weighted by molar-refractivity contribution is 6.14. The van der Waals surface area contributed by atoms with Crippen LogP contribution in [0.25, 0.3) is 5.52 Å². The standard InChI is InChI=1S/C18H19NO7/c1-4-24-16(21)13-12-8-7-11(10-20)9-19(12)15(18(23)26-6-3)14(13)17(22)25-5-2/h7-10H,4-6H2,1-3H3. The summed E-state index contributed by atoms with van der Waals surface area (Å²) in [5.74, 6) is -2.44. The van der Waals surface area contributed by atoms with Crippen LogP contribution in [0.1, 0.15) is 62.3 Å². The third-order valence-electron chi connectivity index (χ3n) is 3.52. The van der Waals surface area contributed by atoms with Gasteiger partial charge in [-0.2, -0.15) is 0 Å². The van der Waals surface area contributed by atoms with Gasteiger partial charge in [0.25, 0.3) is 0 Å². The van der Waals surface area contributed by atoms with Crippen LogP contribution in [0.2, 0.25) is 0 Å². The first-order valence-corrected chi connectivity index (χ1v) is 8.14. The van der Waals surface area contributed by atoms with Crippen LogP contribution < -0.4 is 0 Å². The quantitative estimate of drug-likeness (QED) is 0.424. The molecular formula is C18H19NO7. The molecule has 138 valence electrons. The Labute approximate surface area is 149 Å². The molecule has 0 aliphatic heterocycles. The third-order valence-corrected chi connectivity index (χ3v) is 3.52. The number of rotatable bonds is 7. The van der Waals surface area contributed by atoms with Gasteiger partial charge in [0.15, 0.2) is 6.29 Å². The molecule has 0 saturated heterocycles. The maximum Gasteiger partial charge on any atom is 0.356 e. The monoisotopic (exact) mass is 361 g/mol. The molecule has 0 saturated carbocycles. The largest absolute Gasteiger partial charge is 0.462 e. The second-order valence-electron chi connectivity index (χ2n) is 5.10. The number of fused-ring (bicyclic) bond motifs is 1. The smallest absolute Gasteiger partial charge is 0.356 e. The van der Waals surface area contributed by atoms with Crippen LogP contribution in [-0.4, -0.2) is 48.4 Å². The molecule has 2 aromatic rings. The minimum Gasteiger partial charge on any atom is -0.462 e. The van der Waals surface area contributed by atoms with E-state index in [0.29, 0.717) is 6.29 Å². The Morgan fingerprint density at radius 3 is 1.96 bits per heavy atom. The van der Waals surface area contributed by atoms with E-state index in [1.165, 1.54) is 22.7 Å². The number of hydrogen-bond acceptors (Lipinski definition) is 7. The second-order valence-corrected chi connectivity index (χ2v) is 5.10. The lowest BCUT2D eigenvalue weighted by Crippen LogP contribution is -2.17. The van der Waals surface area contributed by atoms with E-state index in [1.807, 2.05) is 0 Å². The van der Waals surface area contributed by atoms with E-state index in [-0.39, 0.29) is 47.7 Å². The SMILES string of the molecule is CCOC(=O)c1c(C(=O)OCC)c2ccc(C=O)cn2c1C(=O)OCC. The van der Waals surface area contributed by atoms with Gasteiger partial charge in [-0.1, -0.05) is 0 Å². The lowest BCUT2D eigenvalue weighted by atomic mass is 10.1. The van der Waals surface area contributed by atoms with Crippen molar-refractivity contribution in [3.63, 3.8) is 0 Å². The van der Waals surface area contributed by atoms with Crippen molar-refractivity contribution >= 4 is 29.7 Å². The maximum atomic E-state index is 12.5. The summed E-state index contributed by atoms with van der Waals surface area (Å²) < 4.78 is 16.3. The molecule has 2 rings (SSSR count). The molecule has 0 aliphatic carbocycles. The van der Waals surface area contributed by atoms with Gasteiger partial charge in [0.1, 0.15) is 16.8 Å². The van der Waals surface area contributed by atoms with E-state index in [1.54, 1.807) is 20.8 Å². The van der Waals surface area contributed by atoms with Crippen LogP contribution in [0.15, 0.2) is 18.3 Å². The average molecular weight is 361 g/mol.